The van der Waals surface area contributed by atoms with Crippen molar-refractivity contribution in [2.45, 2.75) is 11.0 Å². The second-order valence-corrected chi connectivity index (χ2v) is 8.44. The van der Waals surface area contributed by atoms with Crippen molar-refractivity contribution in [3.8, 4) is 5.75 Å². The van der Waals surface area contributed by atoms with Crippen LogP contribution in [0.1, 0.15) is 10.4 Å². The van der Waals surface area contributed by atoms with Gasteiger partial charge in [0, 0.05) is 18.7 Å². The third kappa shape index (κ3) is 6.73. The fraction of sp³-hybridized carbons (Fsp3) is 0.211. The van der Waals surface area contributed by atoms with Crippen molar-refractivity contribution >= 4 is 39.1 Å². The fourth-order valence-electron chi connectivity index (χ4n) is 2.19. The summed E-state index contributed by atoms with van der Waals surface area (Å²) in [7, 11) is -3.66. The molecule has 0 aromatic heterocycles. The van der Waals surface area contributed by atoms with E-state index in [0.29, 0.717) is 10.8 Å². The number of benzene rings is 2. The molecule has 0 aliphatic rings. The van der Waals surface area contributed by atoms with Gasteiger partial charge in [0.05, 0.1) is 9.92 Å². The number of rotatable bonds is 10. The molecule has 0 saturated carbocycles. The zero-order valence-electron chi connectivity index (χ0n) is 15.3. The first-order chi connectivity index (χ1) is 13.7. The predicted octanol–water partition coefficient (Wildman–Crippen LogP) is 2.63. The Kier molecular flexibility index (Phi) is 8.48. The first-order valence-electron chi connectivity index (χ1n) is 8.48. The van der Waals surface area contributed by atoms with Gasteiger partial charge in [0.2, 0.25) is 10.0 Å². The number of hydrogen-bond acceptors (Lipinski definition) is 5. The Bertz CT molecular complexity index is 965. The van der Waals surface area contributed by atoms with E-state index in [1.165, 1.54) is 30.3 Å². The molecule has 0 bridgehead atoms. The van der Waals surface area contributed by atoms with Crippen LogP contribution in [-0.2, 0) is 10.0 Å². The molecule has 0 aliphatic carbocycles. The van der Waals surface area contributed by atoms with Gasteiger partial charge in [0.1, 0.15) is 23.5 Å². The summed E-state index contributed by atoms with van der Waals surface area (Å²) in [5.41, 5.74) is 0.249. The molecule has 29 heavy (non-hydrogen) atoms. The van der Waals surface area contributed by atoms with Crippen molar-refractivity contribution in [2.75, 3.05) is 19.7 Å². The predicted molar refractivity (Wildman–Crippen MR) is 112 cm³/mol. The quantitative estimate of drug-likeness (QED) is 0.474. The number of aliphatic hydroxyl groups is 1. The van der Waals surface area contributed by atoms with Crippen molar-refractivity contribution in [3.63, 3.8) is 0 Å². The van der Waals surface area contributed by atoms with Crippen molar-refractivity contribution in [3.05, 3.63) is 70.7 Å². The van der Waals surface area contributed by atoms with Gasteiger partial charge in [-0.3, -0.25) is 4.79 Å². The molecule has 1 atom stereocenters. The van der Waals surface area contributed by atoms with E-state index in [-0.39, 0.29) is 35.2 Å². The molecular formula is C19H20Cl2N2O5S. The molecule has 0 fully saturated rings. The molecule has 10 heteroatoms. The molecule has 0 radical (unpaired) electrons. The van der Waals surface area contributed by atoms with Crippen LogP contribution in [-0.4, -0.2) is 45.2 Å². The Balaban J connectivity index is 1.87. The molecule has 2 rings (SSSR count). The summed E-state index contributed by atoms with van der Waals surface area (Å²) in [4.78, 5) is 12.2. The van der Waals surface area contributed by atoms with Gasteiger partial charge in [-0.2, -0.15) is 0 Å². The van der Waals surface area contributed by atoms with Crippen molar-refractivity contribution in [1.29, 1.82) is 0 Å². The van der Waals surface area contributed by atoms with Crippen molar-refractivity contribution in [1.82, 2.24) is 10.0 Å². The number of nitrogens with one attached hydrogen (secondary N) is 2. The van der Waals surface area contributed by atoms with E-state index in [4.69, 9.17) is 27.9 Å². The van der Waals surface area contributed by atoms with Gasteiger partial charge >= 0.3 is 0 Å². The molecule has 0 saturated heterocycles. The Morgan fingerprint density at radius 1 is 1.21 bits per heavy atom. The van der Waals surface area contributed by atoms with Crippen molar-refractivity contribution < 1.29 is 23.1 Å². The van der Waals surface area contributed by atoms with E-state index in [2.05, 4.69) is 16.6 Å². The molecule has 3 N–H and O–H groups in total. The topological polar surface area (TPSA) is 105 Å². The number of ether oxygens (including phenoxy) is 1. The first-order valence-corrected chi connectivity index (χ1v) is 10.7. The van der Waals surface area contributed by atoms with Crippen LogP contribution in [0.2, 0.25) is 10.0 Å². The monoisotopic (exact) mass is 458 g/mol. The highest BCUT2D eigenvalue weighted by Gasteiger charge is 2.15. The second-order valence-electron chi connectivity index (χ2n) is 5.89. The van der Waals surface area contributed by atoms with E-state index in [0.717, 1.165) is 0 Å². The van der Waals surface area contributed by atoms with Crippen LogP contribution in [0.5, 0.6) is 5.75 Å². The summed E-state index contributed by atoms with van der Waals surface area (Å²) >= 11 is 11.9. The van der Waals surface area contributed by atoms with Crippen LogP contribution in [0.3, 0.4) is 0 Å². The third-order valence-electron chi connectivity index (χ3n) is 3.69. The van der Waals surface area contributed by atoms with Crippen LogP contribution in [0.25, 0.3) is 0 Å². The molecule has 7 nitrogen and oxygen atoms in total. The summed E-state index contributed by atoms with van der Waals surface area (Å²) < 4.78 is 31.7. The van der Waals surface area contributed by atoms with Gasteiger partial charge in [0.15, 0.2) is 0 Å². The molecule has 2 aromatic rings. The average molecular weight is 459 g/mol. The summed E-state index contributed by atoms with van der Waals surface area (Å²) in [5.74, 6) is -0.140. The second kappa shape index (κ2) is 10.6. The number of carbonyl (C=O) groups is 1. The van der Waals surface area contributed by atoms with Crippen LogP contribution in [0, 0.1) is 0 Å². The van der Waals surface area contributed by atoms with Gasteiger partial charge in [-0.05, 0) is 36.4 Å². The zero-order chi connectivity index (χ0) is 21.4. The van der Waals surface area contributed by atoms with Gasteiger partial charge < -0.3 is 15.2 Å². The maximum absolute atomic E-state index is 12.2. The molecule has 1 unspecified atom stereocenters. The maximum Gasteiger partial charge on any atom is 0.251 e. The lowest BCUT2D eigenvalue weighted by Crippen LogP contribution is -2.35. The minimum Gasteiger partial charge on any atom is -0.489 e. The summed E-state index contributed by atoms with van der Waals surface area (Å²) in [6.45, 7) is 3.37. The molecular weight excluding hydrogens is 439 g/mol. The third-order valence-corrected chi connectivity index (χ3v) is 5.93. The van der Waals surface area contributed by atoms with E-state index >= 15 is 0 Å². The van der Waals surface area contributed by atoms with Gasteiger partial charge in [0.25, 0.3) is 5.91 Å². The SMILES string of the molecule is C=CCNS(=O)(=O)c1ccc(C(=O)NCC(O)COc2cccc(Cl)c2Cl)cc1. The minimum absolute atomic E-state index is 0.0303. The first kappa shape index (κ1) is 23.2. The van der Waals surface area contributed by atoms with Gasteiger partial charge in [-0.25, -0.2) is 13.1 Å². The number of halogens is 2. The zero-order valence-corrected chi connectivity index (χ0v) is 17.6. The van der Waals surface area contributed by atoms with Crippen LogP contribution in [0.4, 0.5) is 0 Å². The average Bonchev–Trinajstić information content (AvgIpc) is 2.71. The fourth-order valence-corrected chi connectivity index (χ4v) is 3.54. The lowest BCUT2D eigenvalue weighted by Gasteiger charge is -2.14. The molecule has 1 amide bonds. The largest absolute Gasteiger partial charge is 0.489 e. The van der Waals surface area contributed by atoms with E-state index in [1.807, 2.05) is 0 Å². The van der Waals surface area contributed by atoms with E-state index < -0.39 is 22.0 Å². The molecule has 0 spiro atoms. The highest BCUT2D eigenvalue weighted by atomic mass is 35.5. The van der Waals surface area contributed by atoms with Gasteiger partial charge in [-0.1, -0.05) is 35.3 Å². The van der Waals surface area contributed by atoms with E-state index in [1.54, 1.807) is 18.2 Å². The summed E-state index contributed by atoms with van der Waals surface area (Å²) in [6.07, 6.45) is 0.436. The highest BCUT2D eigenvalue weighted by Crippen LogP contribution is 2.31. The maximum atomic E-state index is 12.2. The number of sulfonamides is 1. The van der Waals surface area contributed by atoms with Gasteiger partial charge in [-0.15, -0.1) is 6.58 Å². The number of aliphatic hydroxyl groups excluding tert-OH is 1. The smallest absolute Gasteiger partial charge is 0.251 e. The number of amides is 1. The van der Waals surface area contributed by atoms with Crippen LogP contribution in [0.15, 0.2) is 60.0 Å². The lowest BCUT2D eigenvalue weighted by atomic mass is 10.2. The lowest BCUT2D eigenvalue weighted by molar-refractivity contribution is 0.0844. The normalized spacial score (nSPS) is 12.2. The van der Waals surface area contributed by atoms with Crippen LogP contribution < -0.4 is 14.8 Å². The molecule has 156 valence electrons. The molecule has 0 heterocycles. The Morgan fingerprint density at radius 3 is 2.55 bits per heavy atom. The minimum atomic E-state index is -3.66. The number of carbonyl (C=O) groups excluding carboxylic acids is 1. The van der Waals surface area contributed by atoms with Crippen LogP contribution >= 0.6 is 23.2 Å². The standard InChI is InChI=1S/C19H20Cl2N2O5S/c1-2-10-23-29(26,27)15-8-6-13(7-9-15)19(25)22-11-14(24)12-28-17-5-3-4-16(20)18(17)21/h2-9,14,23-24H,1,10-12H2,(H,22,25). The molecule has 2 aromatic carbocycles. The Morgan fingerprint density at radius 2 is 1.90 bits per heavy atom. The van der Waals surface area contributed by atoms with E-state index in [9.17, 15) is 18.3 Å². The Hall–Kier alpha value is -2.10. The summed E-state index contributed by atoms with van der Waals surface area (Å²) in [6, 6.07) is 10.3. The number of hydrogen-bond donors (Lipinski definition) is 3. The molecule has 0 aliphatic heterocycles. The Labute approximate surface area is 179 Å². The summed E-state index contributed by atoms with van der Waals surface area (Å²) in [5, 5.41) is 13.1. The highest BCUT2D eigenvalue weighted by molar-refractivity contribution is 7.89. The van der Waals surface area contributed by atoms with Crippen molar-refractivity contribution in [2.24, 2.45) is 0 Å².